The van der Waals surface area contributed by atoms with Crippen molar-refractivity contribution in [1.82, 2.24) is 4.90 Å². The Morgan fingerprint density at radius 3 is 2.69 bits per heavy atom. The van der Waals surface area contributed by atoms with Gasteiger partial charge in [0.25, 0.3) is 0 Å². The molecule has 1 amide bonds. The summed E-state index contributed by atoms with van der Waals surface area (Å²) in [5, 5.41) is 0. The number of fused-ring (bicyclic) bond motifs is 2. The van der Waals surface area contributed by atoms with E-state index in [9.17, 15) is 9.59 Å². The molecule has 2 unspecified atom stereocenters. The largest absolute Gasteiger partial charge is 0.444 e. The summed E-state index contributed by atoms with van der Waals surface area (Å²) in [7, 11) is 0. The summed E-state index contributed by atoms with van der Waals surface area (Å²) >= 11 is 0. The van der Waals surface area contributed by atoms with Crippen molar-refractivity contribution in [3.8, 4) is 0 Å². The van der Waals surface area contributed by atoms with Crippen LogP contribution in [0.4, 0.5) is 4.79 Å². The van der Waals surface area contributed by atoms with Crippen LogP contribution in [-0.4, -0.2) is 48.2 Å². The molecule has 2 atom stereocenters. The second-order valence-electron chi connectivity index (χ2n) is 5.31. The van der Waals surface area contributed by atoms with Crippen molar-refractivity contribution in [1.29, 1.82) is 0 Å². The number of hydrogen-bond donors (Lipinski definition) is 0. The van der Waals surface area contributed by atoms with Gasteiger partial charge in [-0.3, -0.25) is 4.79 Å². The summed E-state index contributed by atoms with van der Waals surface area (Å²) in [4.78, 5) is 24.9. The van der Waals surface area contributed by atoms with E-state index < -0.39 is 11.7 Å². The van der Waals surface area contributed by atoms with E-state index >= 15 is 0 Å². The zero-order chi connectivity index (χ0) is 11.9. The zero-order valence-corrected chi connectivity index (χ0v) is 9.86. The lowest BCUT2D eigenvalue weighted by Crippen LogP contribution is -2.49. The van der Waals surface area contributed by atoms with E-state index in [2.05, 4.69) is 0 Å². The Morgan fingerprint density at radius 2 is 2.12 bits per heavy atom. The van der Waals surface area contributed by atoms with Crippen molar-refractivity contribution in [2.24, 2.45) is 5.92 Å². The first-order chi connectivity index (χ1) is 7.37. The molecular formula is C11H17NO4. The van der Waals surface area contributed by atoms with Crippen LogP contribution in [-0.2, 0) is 14.3 Å². The predicted octanol–water partition coefficient (Wildman–Crippen LogP) is 0.821. The van der Waals surface area contributed by atoms with Crippen LogP contribution in [0.2, 0.25) is 0 Å². The number of piperidine rings is 1. The molecule has 90 valence electrons. The van der Waals surface area contributed by atoms with Crippen molar-refractivity contribution < 1.29 is 19.1 Å². The topological polar surface area (TPSA) is 55.8 Å². The molecule has 2 heterocycles. The molecule has 0 aromatic rings. The summed E-state index contributed by atoms with van der Waals surface area (Å²) in [6.45, 7) is 6.65. The number of hydrogen-bond acceptors (Lipinski definition) is 4. The van der Waals surface area contributed by atoms with E-state index in [4.69, 9.17) is 9.47 Å². The van der Waals surface area contributed by atoms with Gasteiger partial charge in [0, 0.05) is 6.54 Å². The maximum Gasteiger partial charge on any atom is 0.410 e. The normalized spacial score (nSPS) is 29.4. The Bertz CT molecular complexity index is 304. The monoisotopic (exact) mass is 227 g/mol. The van der Waals surface area contributed by atoms with Crippen LogP contribution < -0.4 is 0 Å². The Kier molecular flexibility index (Phi) is 2.66. The zero-order valence-electron chi connectivity index (χ0n) is 9.86. The van der Waals surface area contributed by atoms with Crippen molar-refractivity contribution in [2.45, 2.75) is 32.5 Å². The van der Waals surface area contributed by atoms with Gasteiger partial charge in [0.05, 0.1) is 19.1 Å². The summed E-state index contributed by atoms with van der Waals surface area (Å²) in [5.74, 6) is -0.0360. The Labute approximate surface area is 94.7 Å². The number of ketones is 1. The molecule has 0 radical (unpaired) electrons. The second-order valence-corrected chi connectivity index (χ2v) is 5.31. The SMILES string of the molecule is CC(C)(C)OC(=O)N1CC2COC(C1)C2=O. The van der Waals surface area contributed by atoms with Gasteiger partial charge in [-0.05, 0) is 20.8 Å². The number of Topliss-reactive ketones (excluding diaryl/α,β-unsaturated/α-hetero) is 1. The van der Waals surface area contributed by atoms with Gasteiger partial charge in [-0.2, -0.15) is 0 Å². The third kappa shape index (κ3) is 2.19. The highest BCUT2D eigenvalue weighted by atomic mass is 16.6. The van der Waals surface area contributed by atoms with Gasteiger partial charge >= 0.3 is 6.09 Å². The molecule has 0 saturated carbocycles. The lowest BCUT2D eigenvalue weighted by atomic mass is 9.99. The third-order valence-electron chi connectivity index (χ3n) is 2.70. The van der Waals surface area contributed by atoms with Crippen molar-refractivity contribution in [2.75, 3.05) is 19.7 Å². The van der Waals surface area contributed by atoms with Gasteiger partial charge in [0.15, 0.2) is 5.78 Å². The van der Waals surface area contributed by atoms with Crippen LogP contribution >= 0.6 is 0 Å². The maximum atomic E-state index is 11.8. The Morgan fingerprint density at radius 1 is 1.44 bits per heavy atom. The highest BCUT2D eigenvalue weighted by Gasteiger charge is 2.44. The van der Waals surface area contributed by atoms with Crippen LogP contribution in [0.5, 0.6) is 0 Å². The van der Waals surface area contributed by atoms with Gasteiger partial charge in [-0.15, -0.1) is 0 Å². The predicted molar refractivity (Wildman–Crippen MR) is 56.0 cm³/mol. The van der Waals surface area contributed by atoms with E-state index in [1.165, 1.54) is 0 Å². The Balaban J connectivity index is 1.98. The fraction of sp³-hybridized carbons (Fsp3) is 0.818. The van der Waals surface area contributed by atoms with Gasteiger partial charge < -0.3 is 14.4 Å². The number of rotatable bonds is 0. The highest BCUT2D eigenvalue weighted by molar-refractivity contribution is 5.89. The molecule has 16 heavy (non-hydrogen) atoms. The molecule has 0 aromatic carbocycles. The summed E-state index contributed by atoms with van der Waals surface area (Å²) in [6, 6.07) is 0. The quantitative estimate of drug-likeness (QED) is 0.615. The average Bonchev–Trinajstić information content (AvgIpc) is 2.38. The van der Waals surface area contributed by atoms with Crippen molar-refractivity contribution in [3.63, 3.8) is 0 Å². The van der Waals surface area contributed by atoms with Gasteiger partial charge in [0.1, 0.15) is 11.7 Å². The first kappa shape index (κ1) is 11.4. The molecule has 2 aliphatic rings. The van der Waals surface area contributed by atoms with Crippen molar-refractivity contribution in [3.05, 3.63) is 0 Å². The molecular weight excluding hydrogens is 210 g/mol. The van der Waals surface area contributed by atoms with Gasteiger partial charge in [0.2, 0.25) is 0 Å². The smallest absolute Gasteiger partial charge is 0.410 e. The summed E-state index contributed by atoms with van der Waals surface area (Å²) < 4.78 is 10.6. The van der Waals surface area contributed by atoms with Gasteiger partial charge in [-0.25, -0.2) is 4.79 Å². The minimum Gasteiger partial charge on any atom is -0.444 e. The van der Waals surface area contributed by atoms with Crippen LogP contribution in [0.1, 0.15) is 20.8 Å². The van der Waals surface area contributed by atoms with E-state index in [1.54, 1.807) is 4.90 Å². The molecule has 2 bridgehead atoms. The number of ether oxygens (including phenoxy) is 2. The highest BCUT2D eigenvalue weighted by Crippen LogP contribution is 2.24. The Hall–Kier alpha value is -1.10. The molecule has 0 aromatic heterocycles. The lowest BCUT2D eigenvalue weighted by molar-refractivity contribution is -0.127. The van der Waals surface area contributed by atoms with Crippen LogP contribution in [0.15, 0.2) is 0 Å². The van der Waals surface area contributed by atoms with Crippen LogP contribution in [0.3, 0.4) is 0 Å². The lowest BCUT2D eigenvalue weighted by Gasteiger charge is -2.31. The first-order valence-corrected chi connectivity index (χ1v) is 5.50. The molecule has 0 aliphatic carbocycles. The van der Waals surface area contributed by atoms with E-state index in [0.29, 0.717) is 19.7 Å². The summed E-state index contributed by atoms with van der Waals surface area (Å²) in [5.41, 5.74) is -0.502. The minimum atomic E-state index is -0.502. The number of carbonyl (C=O) groups excluding carboxylic acids is 2. The molecule has 5 nitrogen and oxygen atoms in total. The van der Waals surface area contributed by atoms with E-state index in [1.807, 2.05) is 20.8 Å². The van der Waals surface area contributed by atoms with Crippen LogP contribution in [0, 0.1) is 5.92 Å². The van der Waals surface area contributed by atoms with Crippen molar-refractivity contribution >= 4 is 11.9 Å². The molecule has 2 fully saturated rings. The van der Waals surface area contributed by atoms with E-state index in [-0.39, 0.29) is 17.8 Å². The average molecular weight is 227 g/mol. The molecule has 0 spiro atoms. The number of carbonyl (C=O) groups is 2. The minimum absolute atomic E-state index is 0.125. The molecule has 0 N–H and O–H groups in total. The molecule has 2 saturated heterocycles. The number of amides is 1. The third-order valence-corrected chi connectivity index (χ3v) is 2.70. The molecule has 2 rings (SSSR count). The first-order valence-electron chi connectivity index (χ1n) is 5.50. The fourth-order valence-corrected chi connectivity index (χ4v) is 1.96. The van der Waals surface area contributed by atoms with Gasteiger partial charge in [-0.1, -0.05) is 0 Å². The molecule has 2 aliphatic heterocycles. The number of likely N-dealkylation sites (tertiary alicyclic amines) is 1. The summed E-state index contributed by atoms with van der Waals surface area (Å²) in [6.07, 6.45) is -0.799. The fourth-order valence-electron chi connectivity index (χ4n) is 1.96. The van der Waals surface area contributed by atoms with Crippen LogP contribution in [0.25, 0.3) is 0 Å². The second kappa shape index (κ2) is 3.73. The number of nitrogens with zero attached hydrogens (tertiary/aromatic N) is 1. The maximum absolute atomic E-state index is 11.8. The van der Waals surface area contributed by atoms with E-state index in [0.717, 1.165) is 0 Å². The molecule has 5 heteroatoms. The standard InChI is InChI=1S/C11H17NO4/c1-11(2,3)16-10(14)12-4-7-6-15-8(5-12)9(7)13/h7-8H,4-6H2,1-3H3.